The van der Waals surface area contributed by atoms with Crippen molar-refractivity contribution in [1.82, 2.24) is 15.3 Å². The van der Waals surface area contributed by atoms with Crippen molar-refractivity contribution in [3.8, 4) is 0 Å². The molecule has 8 nitrogen and oxygen atoms in total. The molecule has 0 bridgehead atoms. The van der Waals surface area contributed by atoms with Crippen LogP contribution < -0.4 is 10.2 Å². The van der Waals surface area contributed by atoms with E-state index >= 15 is 0 Å². The summed E-state index contributed by atoms with van der Waals surface area (Å²) in [5, 5.41) is 3.81. The maximum atomic E-state index is 13.1. The van der Waals surface area contributed by atoms with Crippen LogP contribution in [0.25, 0.3) is 10.9 Å². The topological polar surface area (TPSA) is 112 Å². The SMILES string of the molecule is CS(=O)(=O)CCN1C(=O)C(NC(=O)c2cc3cc(Cl)ncc3[nH]2)Cc2ccccc21. The Kier molecular flexibility index (Phi) is 5.25. The number of pyridine rings is 1. The van der Waals surface area contributed by atoms with E-state index in [1.165, 1.54) is 11.1 Å². The largest absolute Gasteiger partial charge is 0.349 e. The number of amides is 2. The van der Waals surface area contributed by atoms with E-state index in [1.54, 1.807) is 24.3 Å². The van der Waals surface area contributed by atoms with Crippen LogP contribution >= 0.6 is 11.6 Å². The van der Waals surface area contributed by atoms with E-state index in [0.29, 0.717) is 22.8 Å². The molecule has 2 amide bonds. The normalized spacial score (nSPS) is 16.5. The fourth-order valence-electron chi connectivity index (χ4n) is 3.52. The highest BCUT2D eigenvalue weighted by Crippen LogP contribution is 2.28. The minimum atomic E-state index is -3.25. The average molecular weight is 447 g/mol. The smallest absolute Gasteiger partial charge is 0.268 e. The van der Waals surface area contributed by atoms with Gasteiger partial charge in [-0.05, 0) is 23.8 Å². The van der Waals surface area contributed by atoms with Crippen LogP contribution in [0.4, 0.5) is 5.69 Å². The second-order valence-corrected chi connectivity index (χ2v) is 9.90. The summed E-state index contributed by atoms with van der Waals surface area (Å²) in [5.41, 5.74) is 2.47. The minimum Gasteiger partial charge on any atom is -0.349 e. The monoisotopic (exact) mass is 446 g/mol. The van der Waals surface area contributed by atoms with Gasteiger partial charge in [-0.25, -0.2) is 13.4 Å². The van der Waals surface area contributed by atoms with Gasteiger partial charge in [0.25, 0.3) is 5.91 Å². The van der Waals surface area contributed by atoms with Gasteiger partial charge < -0.3 is 15.2 Å². The van der Waals surface area contributed by atoms with Gasteiger partial charge in [0.1, 0.15) is 26.7 Å². The molecule has 3 heterocycles. The average Bonchev–Trinajstić information content (AvgIpc) is 3.10. The fraction of sp³-hybridized carbons (Fsp3) is 0.250. The van der Waals surface area contributed by atoms with E-state index in [4.69, 9.17) is 11.6 Å². The third-order valence-corrected chi connectivity index (χ3v) is 6.11. The highest BCUT2D eigenvalue weighted by atomic mass is 35.5. The van der Waals surface area contributed by atoms with Crippen LogP contribution in [0.2, 0.25) is 5.15 Å². The first-order valence-electron chi connectivity index (χ1n) is 9.23. The first-order chi connectivity index (χ1) is 14.2. The summed E-state index contributed by atoms with van der Waals surface area (Å²) in [5.74, 6) is -0.946. The second-order valence-electron chi connectivity index (χ2n) is 7.26. The van der Waals surface area contributed by atoms with Gasteiger partial charge in [0.05, 0.1) is 17.5 Å². The van der Waals surface area contributed by atoms with E-state index in [2.05, 4.69) is 15.3 Å². The predicted octanol–water partition coefficient (Wildman–Crippen LogP) is 1.95. The first kappa shape index (κ1) is 20.4. The Balaban J connectivity index is 1.58. The van der Waals surface area contributed by atoms with Gasteiger partial charge in [-0.15, -0.1) is 0 Å². The van der Waals surface area contributed by atoms with Crippen molar-refractivity contribution in [2.24, 2.45) is 0 Å². The van der Waals surface area contributed by atoms with E-state index in [0.717, 1.165) is 17.2 Å². The van der Waals surface area contributed by atoms with E-state index in [9.17, 15) is 18.0 Å². The Morgan fingerprint density at radius 2 is 2.10 bits per heavy atom. The number of halogens is 1. The second kappa shape index (κ2) is 7.73. The zero-order valence-corrected chi connectivity index (χ0v) is 17.6. The molecule has 1 aliphatic rings. The van der Waals surface area contributed by atoms with Gasteiger partial charge in [-0.1, -0.05) is 29.8 Å². The van der Waals surface area contributed by atoms with Gasteiger partial charge in [-0.2, -0.15) is 0 Å². The number of aromatic nitrogens is 2. The summed E-state index contributed by atoms with van der Waals surface area (Å²) in [4.78, 5) is 34.2. The van der Waals surface area contributed by atoms with Crippen LogP contribution in [0.1, 0.15) is 16.1 Å². The molecule has 0 saturated heterocycles. The number of carbonyl (C=O) groups is 2. The van der Waals surface area contributed by atoms with Crippen molar-refractivity contribution < 1.29 is 18.0 Å². The Morgan fingerprint density at radius 1 is 1.33 bits per heavy atom. The fourth-order valence-corrected chi connectivity index (χ4v) is 4.20. The van der Waals surface area contributed by atoms with Crippen LogP contribution in [0.15, 0.2) is 42.6 Å². The van der Waals surface area contributed by atoms with E-state index < -0.39 is 21.8 Å². The third-order valence-electron chi connectivity index (χ3n) is 4.98. The predicted molar refractivity (Wildman–Crippen MR) is 115 cm³/mol. The number of anilines is 1. The molecule has 2 N–H and O–H groups in total. The minimum absolute atomic E-state index is 0.0254. The number of fused-ring (bicyclic) bond motifs is 2. The number of sulfone groups is 1. The number of hydrogen-bond donors (Lipinski definition) is 2. The summed E-state index contributed by atoms with van der Waals surface area (Å²) in [7, 11) is -3.25. The Morgan fingerprint density at radius 3 is 2.87 bits per heavy atom. The third kappa shape index (κ3) is 4.17. The molecule has 156 valence electrons. The molecule has 1 unspecified atom stereocenters. The lowest BCUT2D eigenvalue weighted by atomic mass is 9.97. The summed E-state index contributed by atoms with van der Waals surface area (Å²) in [6.45, 7) is 0.0254. The number of carbonyl (C=O) groups excluding carboxylic acids is 2. The summed E-state index contributed by atoms with van der Waals surface area (Å²) in [6, 6.07) is 9.76. The van der Waals surface area contributed by atoms with Crippen molar-refractivity contribution in [3.05, 3.63) is 59.0 Å². The molecule has 10 heteroatoms. The Labute approximate surface area is 178 Å². The van der Waals surface area contributed by atoms with Gasteiger partial charge in [0.15, 0.2) is 0 Å². The van der Waals surface area contributed by atoms with E-state index in [1.807, 2.05) is 12.1 Å². The maximum Gasteiger partial charge on any atom is 0.268 e. The van der Waals surface area contributed by atoms with Crippen LogP contribution in [-0.4, -0.2) is 54.8 Å². The first-order valence-corrected chi connectivity index (χ1v) is 11.7. The van der Waals surface area contributed by atoms with Crippen LogP contribution in [0.3, 0.4) is 0 Å². The molecule has 30 heavy (non-hydrogen) atoms. The lowest BCUT2D eigenvalue weighted by Gasteiger charge is -2.34. The molecule has 0 aliphatic carbocycles. The summed E-state index contributed by atoms with van der Waals surface area (Å²) < 4.78 is 23.2. The number of H-pyrrole nitrogens is 1. The molecule has 1 aliphatic heterocycles. The number of benzene rings is 1. The highest BCUT2D eigenvalue weighted by Gasteiger charge is 2.34. The van der Waals surface area contributed by atoms with Crippen molar-refractivity contribution >= 4 is 49.8 Å². The summed E-state index contributed by atoms with van der Waals surface area (Å²) in [6.07, 6.45) is 2.98. The number of nitrogens with zero attached hydrogens (tertiary/aromatic N) is 2. The molecular weight excluding hydrogens is 428 g/mol. The molecule has 0 radical (unpaired) electrons. The molecule has 3 aromatic rings. The number of aromatic amines is 1. The number of nitrogens with one attached hydrogen (secondary N) is 2. The van der Waals surface area contributed by atoms with Crippen molar-refractivity contribution in [3.63, 3.8) is 0 Å². The standard InChI is InChI=1S/C20H19ClN4O4S/c1-30(28,29)7-6-25-17-5-3-2-4-12(17)8-15(20(25)27)24-19(26)14-9-13-10-18(21)22-11-16(13)23-14/h2-5,9-11,15,23H,6-8H2,1H3,(H,24,26). The maximum absolute atomic E-state index is 13.1. The molecule has 0 saturated carbocycles. The number of rotatable bonds is 5. The number of para-hydroxylation sites is 1. The van der Waals surface area contributed by atoms with Gasteiger partial charge in [-0.3, -0.25) is 9.59 Å². The molecule has 0 spiro atoms. The van der Waals surface area contributed by atoms with Crippen LogP contribution in [0.5, 0.6) is 0 Å². The number of hydrogen-bond acceptors (Lipinski definition) is 5. The van der Waals surface area contributed by atoms with Crippen molar-refractivity contribution in [1.29, 1.82) is 0 Å². The van der Waals surface area contributed by atoms with Gasteiger partial charge in [0, 0.05) is 30.3 Å². The van der Waals surface area contributed by atoms with Crippen LogP contribution in [-0.2, 0) is 21.1 Å². The molecule has 1 atom stereocenters. The van der Waals surface area contributed by atoms with Gasteiger partial charge in [0.2, 0.25) is 5.91 Å². The zero-order valence-electron chi connectivity index (χ0n) is 16.1. The highest BCUT2D eigenvalue weighted by molar-refractivity contribution is 7.90. The van der Waals surface area contributed by atoms with Crippen molar-refractivity contribution in [2.75, 3.05) is 23.5 Å². The van der Waals surface area contributed by atoms with Crippen LogP contribution in [0, 0.1) is 0 Å². The Bertz CT molecular complexity index is 1250. The van der Waals surface area contributed by atoms with Gasteiger partial charge >= 0.3 is 0 Å². The molecule has 1 aromatic carbocycles. The van der Waals surface area contributed by atoms with E-state index in [-0.39, 0.29) is 23.9 Å². The Hall–Kier alpha value is -2.91. The quantitative estimate of drug-likeness (QED) is 0.582. The lowest BCUT2D eigenvalue weighted by molar-refractivity contribution is -0.120. The molecule has 4 rings (SSSR count). The zero-order chi connectivity index (χ0) is 21.5. The lowest BCUT2D eigenvalue weighted by Crippen LogP contribution is -2.53. The van der Waals surface area contributed by atoms with Crippen molar-refractivity contribution in [2.45, 2.75) is 12.5 Å². The molecule has 2 aromatic heterocycles. The summed E-state index contributed by atoms with van der Waals surface area (Å²) >= 11 is 5.89. The molecular formula is C20H19ClN4O4S. The molecule has 0 fully saturated rings.